The van der Waals surface area contributed by atoms with E-state index in [1.807, 2.05) is 16.8 Å². The van der Waals surface area contributed by atoms with Gasteiger partial charge >= 0.3 is 0 Å². The first kappa shape index (κ1) is 13.0. The molecule has 0 aliphatic rings. The molecule has 0 saturated carbocycles. The molecule has 0 aliphatic carbocycles. The van der Waals surface area contributed by atoms with E-state index < -0.39 is 0 Å². The lowest BCUT2D eigenvalue weighted by Crippen LogP contribution is -1.91. The van der Waals surface area contributed by atoms with Gasteiger partial charge in [-0.25, -0.2) is 4.98 Å². The Labute approximate surface area is 123 Å². The van der Waals surface area contributed by atoms with Gasteiger partial charge in [-0.3, -0.25) is 0 Å². The zero-order valence-corrected chi connectivity index (χ0v) is 12.1. The van der Waals surface area contributed by atoms with Gasteiger partial charge in [0.25, 0.3) is 0 Å². The second kappa shape index (κ2) is 5.17. The van der Waals surface area contributed by atoms with Crippen molar-refractivity contribution < 1.29 is 0 Å². The summed E-state index contributed by atoms with van der Waals surface area (Å²) in [5, 5.41) is 0.617. The summed E-state index contributed by atoms with van der Waals surface area (Å²) in [6.07, 6.45) is 5.65. The Morgan fingerprint density at radius 1 is 1.15 bits per heavy atom. The quantitative estimate of drug-likeness (QED) is 0.797. The topological polar surface area (TPSA) is 43.3 Å². The molecule has 0 fully saturated rings. The number of imidazole rings is 1. The lowest BCUT2D eigenvalue weighted by Gasteiger charge is -2.00. The van der Waals surface area contributed by atoms with Gasteiger partial charge in [0.05, 0.1) is 16.4 Å². The first-order chi connectivity index (χ1) is 9.65. The smallest absolute Gasteiger partial charge is 0.160 e. The maximum atomic E-state index is 6.00. The molecule has 2 heterocycles. The number of halogens is 1. The molecule has 102 valence electrons. The highest BCUT2D eigenvalue weighted by Gasteiger charge is 2.06. The number of rotatable bonds is 3. The lowest BCUT2D eigenvalue weighted by molar-refractivity contribution is 1.09. The third-order valence-corrected chi connectivity index (χ3v) is 3.62. The average molecular weight is 286 g/mol. The maximum Gasteiger partial charge on any atom is 0.160 e. The molecule has 4 heteroatoms. The van der Waals surface area contributed by atoms with Crippen molar-refractivity contribution in [1.82, 2.24) is 9.38 Å². The molecule has 20 heavy (non-hydrogen) atoms. The normalized spacial score (nSPS) is 11.1. The van der Waals surface area contributed by atoms with E-state index in [1.54, 1.807) is 6.07 Å². The van der Waals surface area contributed by atoms with E-state index in [0.29, 0.717) is 10.7 Å². The third-order valence-electron chi connectivity index (χ3n) is 3.41. The van der Waals surface area contributed by atoms with Crippen LogP contribution in [0.4, 0.5) is 5.69 Å². The zero-order valence-electron chi connectivity index (χ0n) is 11.3. The molecule has 1 aromatic carbocycles. The third kappa shape index (κ3) is 2.49. The molecule has 3 nitrogen and oxygen atoms in total. The van der Waals surface area contributed by atoms with Crippen molar-refractivity contribution >= 4 is 22.9 Å². The Morgan fingerprint density at radius 2 is 1.85 bits per heavy atom. The van der Waals surface area contributed by atoms with Crippen LogP contribution in [0.1, 0.15) is 23.7 Å². The van der Waals surface area contributed by atoms with Crippen molar-refractivity contribution in [3.8, 4) is 0 Å². The van der Waals surface area contributed by atoms with E-state index in [2.05, 4.69) is 36.2 Å². The minimum Gasteiger partial charge on any atom is -0.396 e. The Balaban J connectivity index is 1.92. The second-order valence-corrected chi connectivity index (χ2v) is 5.36. The Hall–Kier alpha value is -2.00. The summed E-state index contributed by atoms with van der Waals surface area (Å²) in [4.78, 5) is 4.57. The van der Waals surface area contributed by atoms with Crippen LogP contribution in [-0.2, 0) is 12.8 Å². The molecule has 0 aliphatic heterocycles. The van der Waals surface area contributed by atoms with Crippen LogP contribution in [0.25, 0.3) is 5.65 Å². The number of aromatic nitrogens is 2. The number of aryl methyl sites for hydroxylation is 1. The fraction of sp³-hybridized carbons (Fsp3) is 0.188. The zero-order chi connectivity index (χ0) is 14.1. The van der Waals surface area contributed by atoms with Gasteiger partial charge in [-0.15, -0.1) is 0 Å². The minimum absolute atomic E-state index is 0.602. The molecule has 2 aromatic heterocycles. The largest absolute Gasteiger partial charge is 0.396 e. The lowest BCUT2D eigenvalue weighted by atomic mass is 10.1. The predicted octanol–water partition coefficient (Wildman–Crippen LogP) is 3.72. The molecule has 0 atom stereocenters. The average Bonchev–Trinajstić information content (AvgIpc) is 2.82. The summed E-state index contributed by atoms with van der Waals surface area (Å²) in [7, 11) is 0. The van der Waals surface area contributed by atoms with Gasteiger partial charge in [0, 0.05) is 18.8 Å². The van der Waals surface area contributed by atoms with Crippen LogP contribution in [0.15, 0.2) is 42.7 Å². The molecule has 3 aromatic rings. The van der Waals surface area contributed by atoms with Gasteiger partial charge in [0.15, 0.2) is 5.65 Å². The summed E-state index contributed by atoms with van der Waals surface area (Å²) in [5.41, 5.74) is 10.9. The van der Waals surface area contributed by atoms with E-state index in [9.17, 15) is 0 Å². The molecule has 0 spiro atoms. The number of hydrogen-bond donors (Lipinski definition) is 1. The van der Waals surface area contributed by atoms with Crippen LogP contribution in [-0.4, -0.2) is 9.38 Å². The van der Waals surface area contributed by atoms with Gasteiger partial charge in [0.2, 0.25) is 0 Å². The summed E-state index contributed by atoms with van der Waals surface area (Å²) in [6, 6.07) is 10.4. The van der Waals surface area contributed by atoms with Crippen molar-refractivity contribution in [3.63, 3.8) is 0 Å². The molecule has 2 N–H and O–H groups in total. The number of nitrogen functional groups attached to an aromatic ring is 1. The van der Waals surface area contributed by atoms with Crippen LogP contribution < -0.4 is 5.73 Å². The molecule has 0 unspecified atom stereocenters. The van der Waals surface area contributed by atoms with Crippen LogP contribution in [0.5, 0.6) is 0 Å². The number of nitrogens with zero attached hydrogens (tertiary/aromatic N) is 2. The van der Waals surface area contributed by atoms with E-state index in [0.717, 1.165) is 24.2 Å². The van der Waals surface area contributed by atoms with E-state index in [-0.39, 0.29) is 0 Å². The van der Waals surface area contributed by atoms with Crippen molar-refractivity contribution in [2.75, 3.05) is 5.73 Å². The van der Waals surface area contributed by atoms with Crippen molar-refractivity contribution in [1.29, 1.82) is 0 Å². The Morgan fingerprint density at radius 3 is 2.55 bits per heavy atom. The van der Waals surface area contributed by atoms with Gasteiger partial charge < -0.3 is 10.1 Å². The van der Waals surface area contributed by atoms with Crippen molar-refractivity contribution in [2.45, 2.75) is 19.8 Å². The van der Waals surface area contributed by atoms with Gasteiger partial charge in [-0.2, -0.15) is 0 Å². The molecule has 0 radical (unpaired) electrons. The van der Waals surface area contributed by atoms with Crippen LogP contribution in [0, 0.1) is 0 Å². The molecule has 3 rings (SSSR count). The number of benzene rings is 1. The summed E-state index contributed by atoms with van der Waals surface area (Å²) in [6.45, 7) is 2.16. The fourth-order valence-electron chi connectivity index (χ4n) is 2.33. The predicted molar refractivity (Wildman–Crippen MR) is 83.2 cm³/mol. The molecular formula is C16H16ClN3. The number of nitrogens with two attached hydrogens (primary N) is 1. The van der Waals surface area contributed by atoms with Crippen molar-refractivity contribution in [2.24, 2.45) is 0 Å². The van der Waals surface area contributed by atoms with Crippen LogP contribution in [0.3, 0.4) is 0 Å². The summed E-state index contributed by atoms with van der Waals surface area (Å²) < 4.78 is 1.88. The monoisotopic (exact) mass is 285 g/mol. The molecule has 0 amide bonds. The van der Waals surface area contributed by atoms with Crippen molar-refractivity contribution in [3.05, 3.63) is 64.6 Å². The minimum atomic E-state index is 0.602. The summed E-state index contributed by atoms with van der Waals surface area (Å²) >= 11 is 6.00. The summed E-state index contributed by atoms with van der Waals surface area (Å²) in [5.74, 6) is 0. The molecular weight excluding hydrogens is 270 g/mol. The maximum absolute atomic E-state index is 6.00. The van der Waals surface area contributed by atoms with E-state index in [4.69, 9.17) is 17.3 Å². The standard InChI is InChI=1S/C16H16ClN3/c1-2-11-3-5-12(6-4-11)7-14-10-20-9-13(17)8-15(18)16(20)19-14/h3-6,8-10H,2,7,18H2,1H3. The number of fused-ring (bicyclic) bond motifs is 1. The fourth-order valence-corrected chi connectivity index (χ4v) is 2.55. The van der Waals surface area contributed by atoms with Gasteiger partial charge in [-0.05, 0) is 23.6 Å². The second-order valence-electron chi connectivity index (χ2n) is 4.92. The number of pyridine rings is 1. The highest BCUT2D eigenvalue weighted by molar-refractivity contribution is 6.30. The SMILES string of the molecule is CCc1ccc(Cc2cn3cc(Cl)cc(N)c3n2)cc1. The van der Waals surface area contributed by atoms with E-state index >= 15 is 0 Å². The Bertz CT molecular complexity index is 744. The first-order valence-electron chi connectivity index (χ1n) is 6.66. The van der Waals surface area contributed by atoms with Crippen LogP contribution in [0.2, 0.25) is 5.02 Å². The van der Waals surface area contributed by atoms with Gasteiger partial charge in [-0.1, -0.05) is 42.8 Å². The Kier molecular flexibility index (Phi) is 3.36. The molecule has 0 saturated heterocycles. The molecule has 0 bridgehead atoms. The van der Waals surface area contributed by atoms with Crippen LogP contribution >= 0.6 is 11.6 Å². The van der Waals surface area contributed by atoms with Gasteiger partial charge in [0.1, 0.15) is 0 Å². The number of anilines is 1. The number of hydrogen-bond acceptors (Lipinski definition) is 2. The highest BCUT2D eigenvalue weighted by Crippen LogP contribution is 2.20. The first-order valence-corrected chi connectivity index (χ1v) is 7.04. The highest BCUT2D eigenvalue weighted by atomic mass is 35.5. The van der Waals surface area contributed by atoms with E-state index in [1.165, 1.54) is 11.1 Å².